The largest absolute Gasteiger partial charge is 0.444 e. The lowest BCUT2D eigenvalue weighted by atomic mass is 9.77. The Hall–Kier alpha value is -6.38. The van der Waals surface area contributed by atoms with Gasteiger partial charge in [-0.3, -0.25) is 19.2 Å². The van der Waals surface area contributed by atoms with E-state index in [1.165, 1.54) is 12.3 Å². The number of nitrogens with zero attached hydrogens (tertiary/aromatic N) is 3. The molecule has 3 heterocycles. The lowest BCUT2D eigenvalue weighted by Gasteiger charge is -2.29. The number of amides is 4. The van der Waals surface area contributed by atoms with E-state index in [9.17, 15) is 28.8 Å². The van der Waals surface area contributed by atoms with Gasteiger partial charge in [-0.15, -0.1) is 5.10 Å². The number of carbonyl (C=O) groups excluding carboxylic acids is 6. The van der Waals surface area contributed by atoms with Crippen LogP contribution in [0.5, 0.6) is 0 Å². The van der Waals surface area contributed by atoms with Crippen LogP contribution in [0.2, 0.25) is 0 Å². The molecular formula is C46H55N7O8. The van der Waals surface area contributed by atoms with Gasteiger partial charge in [0.05, 0.1) is 6.42 Å². The summed E-state index contributed by atoms with van der Waals surface area (Å²) >= 11 is 0. The van der Waals surface area contributed by atoms with Gasteiger partial charge in [-0.1, -0.05) is 36.4 Å². The number of benzene rings is 2. The van der Waals surface area contributed by atoms with Gasteiger partial charge in [0.15, 0.2) is 5.82 Å². The summed E-state index contributed by atoms with van der Waals surface area (Å²) in [6.07, 6.45) is 3.88. The van der Waals surface area contributed by atoms with Crippen LogP contribution in [0.4, 0.5) is 26.8 Å². The summed E-state index contributed by atoms with van der Waals surface area (Å²) in [6.45, 7) is 13.0. The monoisotopic (exact) mass is 833 g/mol. The second-order valence-corrected chi connectivity index (χ2v) is 17.9. The average Bonchev–Trinajstić information content (AvgIpc) is 3.81. The molecule has 15 heteroatoms. The predicted molar refractivity (Wildman–Crippen MR) is 230 cm³/mol. The molecule has 4 amide bonds. The quantitative estimate of drug-likeness (QED) is 0.109. The molecule has 322 valence electrons. The summed E-state index contributed by atoms with van der Waals surface area (Å²) in [5.74, 6) is -1.28. The van der Waals surface area contributed by atoms with Gasteiger partial charge >= 0.3 is 12.2 Å². The third-order valence-electron chi connectivity index (χ3n) is 10.5. The van der Waals surface area contributed by atoms with Crippen molar-refractivity contribution in [1.29, 1.82) is 0 Å². The number of ether oxygens (including phenoxy) is 2. The average molecular weight is 834 g/mol. The van der Waals surface area contributed by atoms with Crippen molar-refractivity contribution in [2.75, 3.05) is 22.5 Å². The van der Waals surface area contributed by atoms with E-state index in [-0.39, 0.29) is 53.8 Å². The SMILES string of the molecule is Cc1nc(C(=O)Nc2ccn(C(=O)OC(C)(C)C)n2)ccc1-c1ccc(C[C@H](CC(=O)C2CCC(CNC(=O)OC(C)(C)C)CC2)C(=O)Nc2ccc3c(c2)NC(=O)C3)cc1. The molecule has 61 heavy (non-hydrogen) atoms. The zero-order valence-corrected chi connectivity index (χ0v) is 35.8. The molecule has 2 aromatic carbocycles. The van der Waals surface area contributed by atoms with Crippen LogP contribution < -0.4 is 21.3 Å². The molecule has 2 aromatic heterocycles. The fourth-order valence-electron chi connectivity index (χ4n) is 7.51. The summed E-state index contributed by atoms with van der Waals surface area (Å²) in [7, 11) is 0. The number of nitrogens with one attached hydrogen (secondary N) is 4. The van der Waals surface area contributed by atoms with Crippen LogP contribution in [0, 0.1) is 24.7 Å². The number of hydrogen-bond acceptors (Lipinski definition) is 10. The zero-order valence-electron chi connectivity index (χ0n) is 35.8. The Kier molecular flexibility index (Phi) is 13.4. The summed E-state index contributed by atoms with van der Waals surface area (Å²) in [5, 5.41) is 15.4. The first kappa shape index (κ1) is 44.2. The first-order valence-corrected chi connectivity index (χ1v) is 20.7. The second kappa shape index (κ2) is 18.5. The maximum absolute atomic E-state index is 13.9. The highest BCUT2D eigenvalue weighted by Gasteiger charge is 2.31. The van der Waals surface area contributed by atoms with Gasteiger partial charge in [-0.25, -0.2) is 14.6 Å². The summed E-state index contributed by atoms with van der Waals surface area (Å²) in [4.78, 5) is 81.8. The Morgan fingerprint density at radius 3 is 2.25 bits per heavy atom. The second-order valence-electron chi connectivity index (χ2n) is 17.9. The van der Waals surface area contributed by atoms with Crippen molar-refractivity contribution in [3.05, 3.63) is 89.4 Å². The van der Waals surface area contributed by atoms with Gasteiger partial charge in [-0.05, 0) is 121 Å². The minimum Gasteiger partial charge on any atom is -0.444 e. The first-order valence-electron chi connectivity index (χ1n) is 20.7. The number of rotatable bonds is 12. The Morgan fingerprint density at radius 2 is 1.57 bits per heavy atom. The number of anilines is 3. The van der Waals surface area contributed by atoms with E-state index in [1.807, 2.05) is 57.2 Å². The standard InChI is InChI=1S/C46H55N7O8/c1-27-35(18-19-36(48-27)42(57)51-39-20-21-53(52-39)44(59)61-46(5,6)7)30-12-8-28(9-13-30)22-33(41(56)49-34-17-16-32-24-40(55)50-37(32)25-34)23-38(54)31-14-10-29(11-15-31)26-47-43(58)60-45(2,3)4/h8-9,12-13,16-21,25,29,31,33H,10-11,14-15,22-24,26H2,1-7H3,(H,47,58)(H,49,56)(H,50,55)(H,51,52,57)/t29?,31?,33-/m1/s1. The molecule has 15 nitrogen and oxygen atoms in total. The number of ketones is 1. The van der Waals surface area contributed by atoms with Crippen LogP contribution in [0.1, 0.15) is 101 Å². The first-order chi connectivity index (χ1) is 28.8. The maximum atomic E-state index is 13.9. The number of Topliss-reactive ketones (excluding diaryl/α,β-unsaturated/α-hetero) is 1. The summed E-state index contributed by atoms with van der Waals surface area (Å²) in [6, 6.07) is 17.9. The number of pyridine rings is 1. The lowest BCUT2D eigenvalue weighted by molar-refractivity contribution is -0.129. The van der Waals surface area contributed by atoms with E-state index in [4.69, 9.17) is 9.47 Å². The molecule has 1 aliphatic carbocycles. The molecular weight excluding hydrogens is 779 g/mol. The lowest BCUT2D eigenvalue weighted by Crippen LogP contribution is -2.37. The smallest absolute Gasteiger partial charge is 0.435 e. The number of aryl methyl sites for hydroxylation is 1. The van der Waals surface area contributed by atoms with Crippen molar-refractivity contribution in [3.63, 3.8) is 0 Å². The fraction of sp³-hybridized carbons (Fsp3) is 0.435. The van der Waals surface area contributed by atoms with Crippen molar-refractivity contribution in [2.45, 2.75) is 105 Å². The van der Waals surface area contributed by atoms with E-state index in [0.29, 0.717) is 42.9 Å². The van der Waals surface area contributed by atoms with Crippen molar-refractivity contribution in [1.82, 2.24) is 20.1 Å². The molecule has 0 spiro atoms. The highest BCUT2D eigenvalue weighted by molar-refractivity contribution is 6.03. The number of fused-ring (bicyclic) bond motifs is 1. The Bertz CT molecular complexity index is 2300. The van der Waals surface area contributed by atoms with E-state index < -0.39 is 35.2 Å². The summed E-state index contributed by atoms with van der Waals surface area (Å²) in [5.41, 5.74) is 4.08. The number of hydrogen-bond donors (Lipinski definition) is 4. The zero-order chi connectivity index (χ0) is 44.1. The summed E-state index contributed by atoms with van der Waals surface area (Å²) < 4.78 is 11.7. The van der Waals surface area contributed by atoms with Crippen LogP contribution in [0.3, 0.4) is 0 Å². The van der Waals surface area contributed by atoms with Crippen molar-refractivity contribution >= 4 is 52.9 Å². The van der Waals surface area contributed by atoms with Gasteiger partial charge in [0.1, 0.15) is 22.7 Å². The number of alkyl carbamates (subject to hydrolysis) is 1. The molecule has 0 radical (unpaired) electrons. The van der Waals surface area contributed by atoms with Gasteiger partial charge in [0.25, 0.3) is 5.91 Å². The highest BCUT2D eigenvalue weighted by atomic mass is 16.6. The molecule has 1 saturated carbocycles. The van der Waals surface area contributed by atoms with E-state index in [2.05, 4.69) is 31.3 Å². The van der Waals surface area contributed by atoms with E-state index in [0.717, 1.165) is 39.8 Å². The number of aromatic nitrogens is 3. The Balaban J connectivity index is 1.10. The van der Waals surface area contributed by atoms with Crippen LogP contribution >= 0.6 is 0 Å². The van der Waals surface area contributed by atoms with Crippen molar-refractivity contribution in [3.8, 4) is 11.1 Å². The Labute approximate surface area is 355 Å². The molecule has 4 N–H and O–H groups in total. The molecule has 0 bridgehead atoms. The minimum atomic E-state index is -0.700. The molecule has 1 fully saturated rings. The molecule has 0 saturated heterocycles. The third-order valence-corrected chi connectivity index (χ3v) is 10.5. The minimum absolute atomic E-state index is 0.0405. The van der Waals surface area contributed by atoms with Gasteiger partial charge < -0.3 is 30.7 Å². The fourth-order valence-corrected chi connectivity index (χ4v) is 7.51. The van der Waals surface area contributed by atoms with Gasteiger partial charge in [0.2, 0.25) is 11.8 Å². The molecule has 6 rings (SSSR count). The van der Waals surface area contributed by atoms with E-state index >= 15 is 0 Å². The van der Waals surface area contributed by atoms with Gasteiger partial charge in [0, 0.05) is 59.7 Å². The molecule has 4 aromatic rings. The van der Waals surface area contributed by atoms with Crippen LogP contribution in [0.15, 0.2) is 66.9 Å². The molecule has 1 aliphatic heterocycles. The Morgan fingerprint density at radius 1 is 0.869 bits per heavy atom. The molecule has 1 atom stereocenters. The topological polar surface area (TPSA) is 200 Å². The van der Waals surface area contributed by atoms with Crippen LogP contribution in [-0.2, 0) is 36.7 Å². The van der Waals surface area contributed by atoms with Crippen LogP contribution in [0.25, 0.3) is 11.1 Å². The van der Waals surface area contributed by atoms with Crippen molar-refractivity contribution < 1.29 is 38.2 Å². The normalized spacial score (nSPS) is 16.7. The van der Waals surface area contributed by atoms with Crippen molar-refractivity contribution in [2.24, 2.45) is 17.8 Å². The molecule has 0 unspecified atom stereocenters. The van der Waals surface area contributed by atoms with Gasteiger partial charge in [-0.2, -0.15) is 4.68 Å². The third kappa shape index (κ3) is 12.3. The maximum Gasteiger partial charge on any atom is 0.435 e. The highest BCUT2D eigenvalue weighted by Crippen LogP contribution is 2.33. The number of carbonyl (C=O) groups is 6. The predicted octanol–water partition coefficient (Wildman–Crippen LogP) is 7.87. The molecule has 2 aliphatic rings. The van der Waals surface area contributed by atoms with E-state index in [1.54, 1.807) is 45.9 Å². The van der Waals surface area contributed by atoms with Crippen LogP contribution in [-0.4, -0.2) is 68.2 Å².